The zero-order valence-electron chi connectivity index (χ0n) is 18.7. The van der Waals surface area contributed by atoms with Crippen molar-refractivity contribution in [3.8, 4) is 5.75 Å². The first-order chi connectivity index (χ1) is 15.2. The highest BCUT2D eigenvalue weighted by Gasteiger charge is 2.40. The molecule has 2 aliphatic rings. The van der Waals surface area contributed by atoms with Crippen molar-refractivity contribution in [2.45, 2.75) is 49.7 Å². The molecule has 1 aliphatic carbocycles. The molecule has 2 fully saturated rings. The molecule has 1 heterocycles. The maximum Gasteiger partial charge on any atom is 0.248 e. The van der Waals surface area contributed by atoms with Crippen molar-refractivity contribution >= 4 is 5.91 Å². The van der Waals surface area contributed by atoms with E-state index in [9.17, 15) is 23.8 Å². The number of ether oxygens (including phenoxy) is 2. The quantitative estimate of drug-likeness (QED) is 0.611. The normalized spacial score (nSPS) is 24.6. The van der Waals surface area contributed by atoms with Crippen LogP contribution < -0.4 is 4.74 Å². The Morgan fingerprint density at radius 2 is 1.66 bits per heavy atom. The fraction of sp³-hybridized carbons (Fsp3) is 0.696. The van der Waals surface area contributed by atoms with Crippen molar-refractivity contribution in [1.29, 1.82) is 0 Å². The second kappa shape index (κ2) is 10.9. The number of aliphatic hydroxyl groups is 2. The summed E-state index contributed by atoms with van der Waals surface area (Å²) >= 11 is 0. The Kier molecular flexibility index (Phi) is 8.43. The number of benzene rings is 1. The summed E-state index contributed by atoms with van der Waals surface area (Å²) in [5.41, 5.74) is -2.33. The lowest BCUT2D eigenvalue weighted by Crippen LogP contribution is -2.54. The van der Waals surface area contributed by atoms with Gasteiger partial charge in [0.2, 0.25) is 5.91 Å². The molecule has 0 bridgehead atoms. The van der Waals surface area contributed by atoms with Gasteiger partial charge in [0.15, 0.2) is 0 Å². The number of rotatable bonds is 7. The van der Waals surface area contributed by atoms with Crippen LogP contribution in [0.25, 0.3) is 0 Å². The third-order valence-corrected chi connectivity index (χ3v) is 6.21. The number of carbonyl (C=O) groups is 1. The fourth-order valence-corrected chi connectivity index (χ4v) is 4.69. The molecule has 0 aromatic heterocycles. The summed E-state index contributed by atoms with van der Waals surface area (Å²) in [7, 11) is 1.43. The van der Waals surface area contributed by atoms with E-state index < -0.39 is 22.8 Å². The van der Waals surface area contributed by atoms with Gasteiger partial charge < -0.3 is 24.6 Å². The maximum atomic E-state index is 13.5. The molecule has 1 saturated heterocycles. The van der Waals surface area contributed by atoms with Gasteiger partial charge in [-0.15, -0.1) is 0 Å². The number of carbonyl (C=O) groups excluding carboxylic acids is 1. The highest BCUT2D eigenvalue weighted by molar-refractivity contribution is 5.77. The lowest BCUT2D eigenvalue weighted by atomic mass is 9.93. The second-order valence-electron chi connectivity index (χ2n) is 9.22. The van der Waals surface area contributed by atoms with Gasteiger partial charge >= 0.3 is 0 Å². The number of nitrogens with zero attached hydrogens (tertiary/aromatic N) is 2. The fourth-order valence-electron chi connectivity index (χ4n) is 4.69. The average molecular weight is 457 g/mol. The Morgan fingerprint density at radius 3 is 2.28 bits per heavy atom. The molecule has 1 aromatic rings. The Bertz CT molecular complexity index is 753. The van der Waals surface area contributed by atoms with Crippen molar-refractivity contribution < 1.29 is 33.3 Å². The third kappa shape index (κ3) is 7.10. The van der Waals surface area contributed by atoms with Crippen LogP contribution in [0.5, 0.6) is 5.75 Å². The molecule has 9 heteroatoms. The smallest absolute Gasteiger partial charge is 0.248 e. The molecule has 0 radical (unpaired) electrons. The van der Waals surface area contributed by atoms with Crippen LogP contribution in [0.15, 0.2) is 18.2 Å². The van der Waals surface area contributed by atoms with E-state index in [2.05, 4.69) is 0 Å². The zero-order chi connectivity index (χ0) is 23.2. The molecule has 0 spiro atoms. The van der Waals surface area contributed by atoms with E-state index in [0.29, 0.717) is 32.5 Å². The van der Waals surface area contributed by atoms with E-state index in [1.54, 1.807) is 0 Å². The monoisotopic (exact) mass is 456 g/mol. The molecule has 180 valence electrons. The van der Waals surface area contributed by atoms with Crippen LogP contribution in [0.1, 0.15) is 38.5 Å². The predicted molar refractivity (Wildman–Crippen MR) is 114 cm³/mol. The molecule has 0 unspecified atom stereocenters. The number of hydrogen-bond donors (Lipinski definition) is 2. The van der Waals surface area contributed by atoms with Crippen LogP contribution in [-0.2, 0) is 9.53 Å². The first-order valence-corrected chi connectivity index (χ1v) is 11.2. The Balaban J connectivity index is 1.75. The number of amides is 1. The van der Waals surface area contributed by atoms with Crippen molar-refractivity contribution in [3.63, 3.8) is 0 Å². The van der Waals surface area contributed by atoms with Crippen LogP contribution >= 0.6 is 0 Å². The molecule has 2 N–H and O–H groups in total. The summed E-state index contributed by atoms with van der Waals surface area (Å²) in [6.07, 6.45) is 5.52. The van der Waals surface area contributed by atoms with Crippen LogP contribution in [0, 0.1) is 11.6 Å². The van der Waals surface area contributed by atoms with Gasteiger partial charge in [-0.25, -0.2) is 8.78 Å². The molecule has 1 atom stereocenters. The van der Waals surface area contributed by atoms with Crippen molar-refractivity contribution in [3.05, 3.63) is 29.8 Å². The number of methoxy groups -OCH3 is 1. The van der Waals surface area contributed by atoms with Gasteiger partial charge in [0.25, 0.3) is 0 Å². The van der Waals surface area contributed by atoms with Crippen molar-refractivity contribution in [2.24, 2.45) is 0 Å². The van der Waals surface area contributed by atoms with E-state index in [-0.39, 0.29) is 38.0 Å². The van der Waals surface area contributed by atoms with E-state index in [0.717, 1.165) is 43.9 Å². The zero-order valence-corrected chi connectivity index (χ0v) is 18.7. The van der Waals surface area contributed by atoms with Gasteiger partial charge in [0, 0.05) is 51.5 Å². The molecule has 7 nitrogen and oxygen atoms in total. The molecule has 1 amide bonds. The van der Waals surface area contributed by atoms with Gasteiger partial charge in [-0.05, 0) is 12.8 Å². The predicted octanol–water partition coefficient (Wildman–Crippen LogP) is 1.95. The molecular formula is C23H34F2N2O5. The topological polar surface area (TPSA) is 82.5 Å². The Morgan fingerprint density at radius 1 is 1.00 bits per heavy atom. The maximum absolute atomic E-state index is 13.5. The summed E-state index contributed by atoms with van der Waals surface area (Å²) in [6.45, 7) is 1.00. The third-order valence-electron chi connectivity index (χ3n) is 6.21. The number of β-amino-alcohol motifs (C(OH)–C–C–N with tert-alkyl or cyclic N) is 2. The van der Waals surface area contributed by atoms with E-state index in [1.165, 1.54) is 12.0 Å². The van der Waals surface area contributed by atoms with Gasteiger partial charge in [-0.1, -0.05) is 25.7 Å². The van der Waals surface area contributed by atoms with Crippen LogP contribution in [0.3, 0.4) is 0 Å². The SMILES string of the molecule is COCC(=O)N1CCN(CC2(O)CCCCCC2)C[C@](O)(COc2cc(F)cc(F)c2)C1. The summed E-state index contributed by atoms with van der Waals surface area (Å²) in [5.74, 6) is -1.86. The summed E-state index contributed by atoms with van der Waals surface area (Å²) in [6, 6.07) is 2.83. The molecule has 32 heavy (non-hydrogen) atoms. The first-order valence-electron chi connectivity index (χ1n) is 11.2. The molecule has 1 aliphatic heterocycles. The van der Waals surface area contributed by atoms with Crippen LogP contribution in [-0.4, -0.2) is 90.2 Å². The number of halogens is 2. The average Bonchev–Trinajstić information content (AvgIpc) is 3.02. The number of hydrogen-bond acceptors (Lipinski definition) is 6. The Hall–Kier alpha value is -1.81. The van der Waals surface area contributed by atoms with Crippen molar-refractivity contribution in [2.75, 3.05) is 53.0 Å². The van der Waals surface area contributed by atoms with Gasteiger partial charge in [-0.3, -0.25) is 9.69 Å². The van der Waals surface area contributed by atoms with Gasteiger partial charge in [0.1, 0.15) is 36.2 Å². The highest BCUT2D eigenvalue weighted by Crippen LogP contribution is 2.29. The second-order valence-corrected chi connectivity index (χ2v) is 9.22. The van der Waals surface area contributed by atoms with Crippen LogP contribution in [0.2, 0.25) is 0 Å². The van der Waals surface area contributed by atoms with E-state index in [4.69, 9.17) is 9.47 Å². The summed E-state index contributed by atoms with van der Waals surface area (Å²) in [4.78, 5) is 16.0. The summed E-state index contributed by atoms with van der Waals surface area (Å²) in [5, 5.41) is 22.6. The van der Waals surface area contributed by atoms with Gasteiger partial charge in [-0.2, -0.15) is 0 Å². The molecular weight excluding hydrogens is 422 g/mol. The highest BCUT2D eigenvalue weighted by atomic mass is 19.1. The molecule has 1 saturated carbocycles. The van der Waals surface area contributed by atoms with Gasteiger partial charge in [0.05, 0.1) is 12.1 Å². The van der Waals surface area contributed by atoms with E-state index >= 15 is 0 Å². The lowest BCUT2D eigenvalue weighted by Gasteiger charge is -2.36. The molecule has 3 rings (SSSR count). The minimum absolute atomic E-state index is 0.0120. The largest absolute Gasteiger partial charge is 0.490 e. The summed E-state index contributed by atoms with van der Waals surface area (Å²) < 4.78 is 37.5. The standard InChI is InChI=1S/C23H34F2N2O5/c1-31-13-21(28)27-9-8-26(14-22(29)6-4-2-3-5-7-22)15-23(30,16-27)17-32-20-11-18(24)10-19(25)12-20/h10-12,29-30H,2-9,13-17H2,1H3/t23-/m1/s1. The Labute approximate surface area is 187 Å². The minimum atomic E-state index is -1.50. The van der Waals surface area contributed by atoms with E-state index in [1.807, 2.05) is 4.90 Å². The first kappa shape index (κ1) is 24.8. The van der Waals surface area contributed by atoms with Crippen molar-refractivity contribution in [1.82, 2.24) is 9.80 Å². The van der Waals surface area contributed by atoms with Crippen LogP contribution in [0.4, 0.5) is 8.78 Å². The minimum Gasteiger partial charge on any atom is -0.490 e. The lowest BCUT2D eigenvalue weighted by molar-refractivity contribution is -0.138. The molecule has 1 aromatic carbocycles.